The average Bonchev–Trinajstić information content (AvgIpc) is 2.51. The predicted octanol–water partition coefficient (Wildman–Crippen LogP) is 2.83. The summed E-state index contributed by atoms with van der Waals surface area (Å²) in [6.07, 6.45) is 1.78. The Balaban J connectivity index is 0.000000396. The molecule has 0 saturated carbocycles. The highest BCUT2D eigenvalue weighted by Crippen LogP contribution is 2.10. The highest BCUT2D eigenvalue weighted by molar-refractivity contribution is 9.10. The first-order chi connectivity index (χ1) is 6.27. The van der Waals surface area contributed by atoms with Gasteiger partial charge in [-0.3, -0.25) is 0 Å². The lowest BCUT2D eigenvalue weighted by Crippen LogP contribution is -1.93. The van der Waals surface area contributed by atoms with Crippen LogP contribution in [0.4, 0.5) is 0 Å². The molecule has 0 fully saturated rings. The van der Waals surface area contributed by atoms with Crippen LogP contribution in [0, 0.1) is 6.92 Å². The van der Waals surface area contributed by atoms with Crippen LogP contribution < -0.4 is 0 Å². The molecule has 0 N–H and O–H groups in total. The molecule has 0 aliphatic heterocycles. The standard InChI is InChI=1S/C7H6BrN3.C2H6/c1-5-2-3-9-7-4-6(8)10-11(5)7;1-2/h2-4H,1H3;1-2H3. The minimum atomic E-state index is 0.819. The molecule has 0 aliphatic rings. The van der Waals surface area contributed by atoms with Gasteiger partial charge in [0.1, 0.15) is 4.60 Å². The quantitative estimate of drug-likeness (QED) is 0.711. The van der Waals surface area contributed by atoms with E-state index in [-0.39, 0.29) is 0 Å². The Kier molecular flexibility index (Phi) is 3.42. The Bertz CT molecular complexity index is 395. The zero-order chi connectivity index (χ0) is 9.84. The van der Waals surface area contributed by atoms with Crippen LogP contribution in [0.15, 0.2) is 22.9 Å². The molecule has 0 amide bonds. The van der Waals surface area contributed by atoms with Crippen LogP contribution in [-0.4, -0.2) is 14.6 Å². The van der Waals surface area contributed by atoms with Gasteiger partial charge < -0.3 is 0 Å². The van der Waals surface area contributed by atoms with E-state index in [2.05, 4.69) is 26.0 Å². The van der Waals surface area contributed by atoms with Gasteiger partial charge >= 0.3 is 0 Å². The molecule has 4 heteroatoms. The normalized spacial score (nSPS) is 9.54. The molecule has 2 aromatic heterocycles. The third-order valence-electron chi connectivity index (χ3n) is 1.52. The van der Waals surface area contributed by atoms with E-state index >= 15 is 0 Å². The van der Waals surface area contributed by atoms with Crippen molar-refractivity contribution in [3.63, 3.8) is 0 Å². The van der Waals surface area contributed by atoms with Crippen LogP contribution in [0.25, 0.3) is 5.65 Å². The predicted molar refractivity (Wildman–Crippen MR) is 56.8 cm³/mol. The van der Waals surface area contributed by atoms with Gasteiger partial charge in [0, 0.05) is 18.0 Å². The first-order valence-corrected chi connectivity index (χ1v) is 5.03. The molecule has 0 aliphatic carbocycles. The zero-order valence-corrected chi connectivity index (χ0v) is 9.54. The zero-order valence-electron chi connectivity index (χ0n) is 7.95. The molecule has 0 spiro atoms. The van der Waals surface area contributed by atoms with E-state index in [1.807, 2.05) is 32.9 Å². The van der Waals surface area contributed by atoms with E-state index in [0.29, 0.717) is 0 Å². The van der Waals surface area contributed by atoms with E-state index < -0.39 is 0 Å². The van der Waals surface area contributed by atoms with Crippen LogP contribution in [0.3, 0.4) is 0 Å². The van der Waals surface area contributed by atoms with Crippen LogP contribution in [0.5, 0.6) is 0 Å². The van der Waals surface area contributed by atoms with Crippen molar-refractivity contribution in [1.29, 1.82) is 0 Å². The molecule has 0 aromatic carbocycles. The molecule has 0 unspecified atom stereocenters. The summed E-state index contributed by atoms with van der Waals surface area (Å²) < 4.78 is 2.61. The van der Waals surface area contributed by atoms with Gasteiger partial charge in [-0.1, -0.05) is 13.8 Å². The Morgan fingerprint density at radius 3 is 2.69 bits per heavy atom. The fourth-order valence-corrected chi connectivity index (χ4v) is 1.35. The van der Waals surface area contributed by atoms with E-state index in [9.17, 15) is 0 Å². The number of fused-ring (bicyclic) bond motifs is 1. The van der Waals surface area contributed by atoms with Crippen molar-refractivity contribution in [1.82, 2.24) is 14.6 Å². The van der Waals surface area contributed by atoms with Crippen molar-refractivity contribution >= 4 is 21.6 Å². The van der Waals surface area contributed by atoms with Gasteiger partial charge in [-0.2, -0.15) is 5.10 Å². The third kappa shape index (κ3) is 2.06. The number of aryl methyl sites for hydroxylation is 1. The molecule has 3 nitrogen and oxygen atoms in total. The Hall–Kier alpha value is -0.900. The molecule has 2 aromatic rings. The minimum Gasteiger partial charge on any atom is -0.237 e. The Morgan fingerprint density at radius 1 is 1.38 bits per heavy atom. The fraction of sp³-hybridized carbons (Fsp3) is 0.333. The maximum atomic E-state index is 4.18. The molecule has 0 saturated heterocycles. The molecule has 0 radical (unpaired) electrons. The summed E-state index contributed by atoms with van der Waals surface area (Å²) >= 11 is 3.29. The summed E-state index contributed by atoms with van der Waals surface area (Å²) in [6, 6.07) is 3.80. The van der Waals surface area contributed by atoms with Gasteiger partial charge in [-0.05, 0) is 28.9 Å². The van der Waals surface area contributed by atoms with Gasteiger partial charge in [-0.15, -0.1) is 0 Å². The second kappa shape index (κ2) is 4.37. The van der Waals surface area contributed by atoms with E-state index in [1.54, 1.807) is 10.7 Å². The second-order valence-electron chi connectivity index (χ2n) is 2.32. The number of hydrogen-bond acceptors (Lipinski definition) is 2. The highest BCUT2D eigenvalue weighted by atomic mass is 79.9. The largest absolute Gasteiger partial charge is 0.237 e. The summed E-state index contributed by atoms with van der Waals surface area (Å²) in [5.41, 5.74) is 1.96. The SMILES string of the molecule is CC.Cc1ccnc2cc(Br)nn12. The first kappa shape index (κ1) is 10.2. The van der Waals surface area contributed by atoms with Gasteiger partial charge in [-0.25, -0.2) is 9.50 Å². The lowest BCUT2D eigenvalue weighted by Gasteiger charge is -1.94. The molecule has 2 heterocycles. The minimum absolute atomic E-state index is 0.819. The summed E-state index contributed by atoms with van der Waals surface area (Å²) in [6.45, 7) is 5.99. The first-order valence-electron chi connectivity index (χ1n) is 4.24. The van der Waals surface area contributed by atoms with Gasteiger partial charge in [0.15, 0.2) is 5.65 Å². The van der Waals surface area contributed by atoms with Crippen molar-refractivity contribution in [2.75, 3.05) is 0 Å². The molecule has 0 atom stereocenters. The van der Waals surface area contributed by atoms with Gasteiger partial charge in [0.25, 0.3) is 0 Å². The van der Waals surface area contributed by atoms with Crippen molar-refractivity contribution in [3.8, 4) is 0 Å². The van der Waals surface area contributed by atoms with E-state index in [1.165, 1.54) is 0 Å². The third-order valence-corrected chi connectivity index (χ3v) is 1.90. The number of halogens is 1. The summed E-state index contributed by atoms with van der Waals surface area (Å²) in [7, 11) is 0. The van der Waals surface area contributed by atoms with E-state index in [0.717, 1.165) is 15.9 Å². The fourth-order valence-electron chi connectivity index (χ4n) is 0.987. The number of aromatic nitrogens is 3. The molecule has 2 rings (SSSR count). The second-order valence-corrected chi connectivity index (χ2v) is 3.14. The maximum Gasteiger partial charge on any atom is 0.156 e. The molecular weight excluding hydrogens is 230 g/mol. The van der Waals surface area contributed by atoms with E-state index in [4.69, 9.17) is 0 Å². The summed E-state index contributed by atoms with van der Waals surface area (Å²) in [4.78, 5) is 4.13. The number of rotatable bonds is 0. The van der Waals surface area contributed by atoms with Crippen molar-refractivity contribution in [3.05, 3.63) is 28.6 Å². The smallest absolute Gasteiger partial charge is 0.156 e. The molecule has 13 heavy (non-hydrogen) atoms. The Labute approximate surface area is 85.9 Å². The topological polar surface area (TPSA) is 30.2 Å². The van der Waals surface area contributed by atoms with Gasteiger partial charge in [0.2, 0.25) is 0 Å². The van der Waals surface area contributed by atoms with Crippen molar-refractivity contribution in [2.45, 2.75) is 20.8 Å². The summed E-state index contributed by atoms with van der Waals surface area (Å²) in [5, 5.41) is 4.18. The highest BCUT2D eigenvalue weighted by Gasteiger charge is 1.99. The lowest BCUT2D eigenvalue weighted by atomic mass is 10.4. The summed E-state index contributed by atoms with van der Waals surface area (Å²) in [5.74, 6) is 0. The van der Waals surface area contributed by atoms with Gasteiger partial charge in [0.05, 0.1) is 0 Å². The van der Waals surface area contributed by atoms with Crippen LogP contribution in [0.1, 0.15) is 19.5 Å². The van der Waals surface area contributed by atoms with Crippen molar-refractivity contribution in [2.24, 2.45) is 0 Å². The van der Waals surface area contributed by atoms with Crippen LogP contribution in [-0.2, 0) is 0 Å². The monoisotopic (exact) mass is 241 g/mol. The number of hydrogen-bond donors (Lipinski definition) is 0. The lowest BCUT2D eigenvalue weighted by molar-refractivity contribution is 0.885. The molecule has 70 valence electrons. The van der Waals surface area contributed by atoms with Crippen LogP contribution in [0.2, 0.25) is 0 Å². The average molecular weight is 242 g/mol. The molecular formula is C9H12BrN3. The maximum absolute atomic E-state index is 4.18. The number of nitrogens with zero attached hydrogens (tertiary/aromatic N) is 3. The molecule has 0 bridgehead atoms. The van der Waals surface area contributed by atoms with Crippen molar-refractivity contribution < 1.29 is 0 Å². The van der Waals surface area contributed by atoms with Crippen LogP contribution >= 0.6 is 15.9 Å². The Morgan fingerprint density at radius 2 is 2.08 bits per heavy atom.